The molecule has 0 spiro atoms. The lowest BCUT2D eigenvalue weighted by Crippen LogP contribution is -2.16. The lowest BCUT2D eigenvalue weighted by atomic mass is 10.2. The number of rotatable bonds is 8. The molecule has 1 N–H and O–H groups in total. The Morgan fingerprint density at radius 2 is 1.25 bits per heavy atom. The average Bonchev–Trinajstić information content (AvgIpc) is 1.98. The topological polar surface area (TPSA) is 107 Å². The summed E-state index contributed by atoms with van der Waals surface area (Å²) < 4.78 is 51.0. The summed E-state index contributed by atoms with van der Waals surface area (Å²) in [6.07, 6.45) is 1.15. The second-order valence-electron chi connectivity index (χ2n) is 3.28. The van der Waals surface area contributed by atoms with Crippen LogP contribution in [-0.2, 0) is 28.6 Å². The number of aliphatic hydroxyl groups excluding tert-OH is 1. The van der Waals surface area contributed by atoms with E-state index < -0.39 is 26.3 Å². The SMILES string of the molecule is CS(=O)(=O)OCCC(O)CCOS(C)(=O)=O. The fourth-order valence-corrected chi connectivity index (χ4v) is 1.61. The van der Waals surface area contributed by atoms with Crippen molar-refractivity contribution in [3.8, 4) is 0 Å². The van der Waals surface area contributed by atoms with Crippen LogP contribution in [-0.4, -0.2) is 53.8 Å². The molecule has 0 aromatic carbocycles. The first kappa shape index (κ1) is 15.8. The van der Waals surface area contributed by atoms with Gasteiger partial charge in [-0.2, -0.15) is 16.8 Å². The van der Waals surface area contributed by atoms with Gasteiger partial charge in [0.05, 0.1) is 31.8 Å². The normalized spacial score (nSPS) is 13.2. The second-order valence-corrected chi connectivity index (χ2v) is 6.57. The van der Waals surface area contributed by atoms with Crippen LogP contribution in [0, 0.1) is 0 Å². The Balaban J connectivity index is 3.64. The third kappa shape index (κ3) is 11.9. The summed E-state index contributed by atoms with van der Waals surface area (Å²) in [4.78, 5) is 0. The maximum atomic E-state index is 10.6. The molecule has 0 atom stereocenters. The van der Waals surface area contributed by atoms with E-state index in [1.54, 1.807) is 0 Å². The lowest BCUT2D eigenvalue weighted by molar-refractivity contribution is 0.116. The van der Waals surface area contributed by atoms with Crippen LogP contribution in [0.1, 0.15) is 12.8 Å². The molecule has 0 radical (unpaired) electrons. The summed E-state index contributed by atoms with van der Waals surface area (Å²) in [5.41, 5.74) is 0. The minimum Gasteiger partial charge on any atom is -0.393 e. The van der Waals surface area contributed by atoms with Crippen molar-refractivity contribution in [2.45, 2.75) is 18.9 Å². The molecule has 9 heteroatoms. The predicted molar refractivity (Wildman–Crippen MR) is 56.8 cm³/mol. The molecule has 0 saturated heterocycles. The fourth-order valence-electron chi connectivity index (χ4n) is 0.815. The highest BCUT2D eigenvalue weighted by Gasteiger charge is 2.09. The summed E-state index contributed by atoms with van der Waals surface area (Å²) in [6, 6.07) is 0. The molecule has 0 fully saturated rings. The zero-order chi connectivity index (χ0) is 12.8. The molecule has 0 rings (SSSR count). The zero-order valence-corrected chi connectivity index (χ0v) is 10.8. The van der Waals surface area contributed by atoms with E-state index in [0.717, 1.165) is 12.5 Å². The summed E-state index contributed by atoms with van der Waals surface area (Å²) in [6.45, 7) is -0.280. The molecular weight excluding hydrogens is 260 g/mol. The highest BCUT2D eigenvalue weighted by molar-refractivity contribution is 7.86. The van der Waals surface area contributed by atoms with Crippen LogP contribution in [0.4, 0.5) is 0 Å². The third-order valence-corrected chi connectivity index (χ3v) is 2.69. The Kier molecular flexibility index (Phi) is 6.41. The van der Waals surface area contributed by atoms with E-state index in [1.165, 1.54) is 0 Å². The van der Waals surface area contributed by atoms with Gasteiger partial charge in [0, 0.05) is 0 Å². The van der Waals surface area contributed by atoms with Crippen molar-refractivity contribution in [2.75, 3.05) is 25.7 Å². The molecule has 7 nitrogen and oxygen atoms in total. The molecule has 0 saturated carbocycles. The molecule has 0 bridgehead atoms. The Hall–Kier alpha value is -0.220. The van der Waals surface area contributed by atoms with E-state index in [4.69, 9.17) is 0 Å². The highest BCUT2D eigenvalue weighted by Crippen LogP contribution is 2.01. The quantitative estimate of drug-likeness (QED) is 0.571. The maximum absolute atomic E-state index is 10.6. The smallest absolute Gasteiger partial charge is 0.264 e. The summed E-state index contributed by atoms with van der Waals surface area (Å²) in [5, 5.41) is 9.29. The first-order valence-electron chi connectivity index (χ1n) is 4.47. The van der Waals surface area contributed by atoms with Gasteiger partial charge in [-0.1, -0.05) is 0 Å². The highest BCUT2D eigenvalue weighted by atomic mass is 32.2. The van der Waals surface area contributed by atoms with Crippen molar-refractivity contribution < 1.29 is 30.3 Å². The van der Waals surface area contributed by atoms with Crippen molar-refractivity contribution >= 4 is 20.2 Å². The molecule has 0 aromatic rings. The first-order valence-corrected chi connectivity index (χ1v) is 8.10. The van der Waals surface area contributed by atoms with Crippen LogP contribution >= 0.6 is 0 Å². The minimum absolute atomic E-state index is 0.0974. The van der Waals surface area contributed by atoms with Crippen LogP contribution in [0.15, 0.2) is 0 Å². The summed E-state index contributed by atoms with van der Waals surface area (Å²) >= 11 is 0. The fraction of sp³-hybridized carbons (Fsp3) is 1.00. The Labute approximate surface area is 95.6 Å². The first-order chi connectivity index (χ1) is 7.10. The molecule has 0 aliphatic heterocycles. The molecular formula is C7H16O7S2. The van der Waals surface area contributed by atoms with Crippen LogP contribution in [0.3, 0.4) is 0 Å². The van der Waals surface area contributed by atoms with Gasteiger partial charge in [0.25, 0.3) is 20.2 Å². The number of aliphatic hydroxyl groups is 1. The molecule has 0 aliphatic carbocycles. The molecule has 0 heterocycles. The van der Waals surface area contributed by atoms with E-state index >= 15 is 0 Å². The number of hydrogen-bond acceptors (Lipinski definition) is 7. The van der Waals surface area contributed by atoms with E-state index in [2.05, 4.69) is 8.37 Å². The van der Waals surface area contributed by atoms with Gasteiger partial charge in [-0.05, 0) is 12.8 Å². The van der Waals surface area contributed by atoms with Crippen molar-refractivity contribution in [1.82, 2.24) is 0 Å². The van der Waals surface area contributed by atoms with Crippen molar-refractivity contribution in [1.29, 1.82) is 0 Å². The Morgan fingerprint density at radius 1 is 0.938 bits per heavy atom. The van der Waals surface area contributed by atoms with E-state index in [-0.39, 0.29) is 26.1 Å². The summed E-state index contributed by atoms with van der Waals surface area (Å²) in [7, 11) is -7.00. The van der Waals surface area contributed by atoms with Gasteiger partial charge >= 0.3 is 0 Å². The van der Waals surface area contributed by atoms with E-state index in [1.807, 2.05) is 0 Å². The molecule has 0 unspecified atom stereocenters. The predicted octanol–water partition coefficient (Wildman–Crippen LogP) is -0.920. The van der Waals surface area contributed by atoms with Crippen LogP contribution in [0.25, 0.3) is 0 Å². The Morgan fingerprint density at radius 3 is 1.50 bits per heavy atom. The van der Waals surface area contributed by atoms with Gasteiger partial charge < -0.3 is 5.11 Å². The monoisotopic (exact) mass is 276 g/mol. The van der Waals surface area contributed by atoms with Gasteiger partial charge in [0.15, 0.2) is 0 Å². The largest absolute Gasteiger partial charge is 0.393 e. The standard InChI is InChI=1S/C7H16O7S2/c1-15(9,10)13-5-3-7(8)4-6-14-16(2,11)12/h7-8H,3-6H2,1-2H3. The lowest BCUT2D eigenvalue weighted by Gasteiger charge is -2.09. The Bertz CT molecular complexity index is 345. The van der Waals surface area contributed by atoms with E-state index in [0.29, 0.717) is 0 Å². The van der Waals surface area contributed by atoms with Crippen molar-refractivity contribution in [2.24, 2.45) is 0 Å². The van der Waals surface area contributed by atoms with Crippen LogP contribution in [0.5, 0.6) is 0 Å². The van der Waals surface area contributed by atoms with Crippen molar-refractivity contribution in [3.63, 3.8) is 0 Å². The van der Waals surface area contributed by atoms with Crippen LogP contribution < -0.4 is 0 Å². The average molecular weight is 276 g/mol. The maximum Gasteiger partial charge on any atom is 0.264 e. The van der Waals surface area contributed by atoms with Gasteiger partial charge in [-0.15, -0.1) is 0 Å². The number of hydrogen-bond donors (Lipinski definition) is 1. The van der Waals surface area contributed by atoms with Crippen LogP contribution in [0.2, 0.25) is 0 Å². The van der Waals surface area contributed by atoms with Crippen molar-refractivity contribution in [3.05, 3.63) is 0 Å². The third-order valence-electron chi connectivity index (χ3n) is 1.50. The molecule has 16 heavy (non-hydrogen) atoms. The molecule has 0 amide bonds. The minimum atomic E-state index is -3.50. The second kappa shape index (κ2) is 6.50. The van der Waals surface area contributed by atoms with Gasteiger partial charge in [-0.25, -0.2) is 0 Å². The van der Waals surface area contributed by atoms with Gasteiger partial charge in [-0.3, -0.25) is 8.37 Å². The van der Waals surface area contributed by atoms with Gasteiger partial charge in [0.2, 0.25) is 0 Å². The molecule has 0 aliphatic rings. The van der Waals surface area contributed by atoms with Gasteiger partial charge in [0.1, 0.15) is 0 Å². The zero-order valence-electron chi connectivity index (χ0n) is 9.12. The van der Waals surface area contributed by atoms with E-state index in [9.17, 15) is 21.9 Å². The molecule has 0 aromatic heterocycles. The summed E-state index contributed by atoms with van der Waals surface area (Å²) in [5.74, 6) is 0. The molecule has 98 valence electrons.